The van der Waals surface area contributed by atoms with Gasteiger partial charge in [0.2, 0.25) is 23.8 Å². The third-order valence-electron chi connectivity index (χ3n) is 20.3. The molecule has 0 atom stereocenters. The predicted octanol–water partition coefficient (Wildman–Crippen LogP) is 9.45. The van der Waals surface area contributed by atoms with E-state index in [2.05, 4.69) is 131 Å². The number of rotatable bonds is 11. The molecule has 43 heteroatoms. The molecular formula is C74H86N34O5S4. The third kappa shape index (κ3) is 15.8. The Morgan fingerprint density at radius 2 is 0.752 bits per heavy atom. The molecule has 4 N–H and O–H groups in total. The monoisotopic (exact) mass is 1660 g/mol. The van der Waals surface area contributed by atoms with E-state index >= 15 is 0 Å². The molecule has 0 radical (unpaired) electrons. The second-order valence-corrected chi connectivity index (χ2v) is 33.0. The fourth-order valence-corrected chi connectivity index (χ4v) is 16.9. The molecule has 18 heterocycles. The SMILES string of the molecule is COc1cc(N2CCN(C)CC2)cnc1Nc1ncc2c(n1)N(C)c1sc(C)nc1C(=O)N2C.Cc1nc2c(s1)N(C)c1nc(Nc3ccc(N4CCN(C)CC4)cn3)ncc1N(C)C2=O.Cc1nc2c(s1)N(C)c1nc(Nc3cnn(C)c3)ncc1N(C)C2=O.Cc1nc2c(s1)N(C)c1nc(Nc3cnn(C)c3C)ncc1N(C)C2=O. The first kappa shape index (κ1) is 79.4. The Morgan fingerprint density at radius 3 is 1.11 bits per heavy atom. The largest absolute Gasteiger partial charge is 0.493 e. The highest BCUT2D eigenvalue weighted by Gasteiger charge is 2.38. The van der Waals surface area contributed by atoms with Gasteiger partial charge in [0.25, 0.3) is 23.6 Å². The number of nitrogens with zero attached hydrogens (tertiary/aromatic N) is 30. The van der Waals surface area contributed by atoms with Gasteiger partial charge in [-0.15, -0.1) is 45.3 Å². The van der Waals surface area contributed by atoms with Crippen molar-refractivity contribution in [3.63, 3.8) is 0 Å². The number of carbonyl (C=O) groups is 4. The van der Waals surface area contributed by atoms with Gasteiger partial charge in [-0.3, -0.25) is 28.5 Å². The van der Waals surface area contributed by atoms with E-state index < -0.39 is 0 Å². The van der Waals surface area contributed by atoms with Crippen LogP contribution in [0.5, 0.6) is 5.75 Å². The number of aryl methyl sites for hydroxylation is 6. The van der Waals surface area contributed by atoms with E-state index in [4.69, 9.17) is 14.7 Å². The molecule has 0 spiro atoms. The summed E-state index contributed by atoms with van der Waals surface area (Å²) in [5.74, 6) is 5.28. The number of fused-ring (bicyclic) bond motifs is 8. The van der Waals surface area contributed by atoms with Crippen LogP contribution in [0.3, 0.4) is 0 Å². The van der Waals surface area contributed by atoms with Crippen LogP contribution in [0.4, 0.5) is 124 Å². The maximum atomic E-state index is 12.9. The van der Waals surface area contributed by atoms with Crippen LogP contribution in [0, 0.1) is 34.6 Å². The van der Waals surface area contributed by atoms with Crippen molar-refractivity contribution >= 4 is 193 Å². The van der Waals surface area contributed by atoms with Crippen LogP contribution in [0.2, 0.25) is 0 Å². The van der Waals surface area contributed by atoms with E-state index in [1.807, 2.05) is 127 Å². The molecular weight excluding hydrogens is 1570 g/mol. The van der Waals surface area contributed by atoms with Crippen LogP contribution in [0.25, 0.3) is 0 Å². The lowest BCUT2D eigenvalue weighted by Gasteiger charge is -2.34. The van der Waals surface area contributed by atoms with Gasteiger partial charge < -0.3 is 84.8 Å². The Labute approximate surface area is 689 Å². The smallest absolute Gasteiger partial charge is 0.279 e. The molecule has 39 nitrogen and oxygen atoms in total. The zero-order chi connectivity index (χ0) is 82.7. The van der Waals surface area contributed by atoms with E-state index in [9.17, 15) is 19.2 Å². The Balaban J connectivity index is 0.000000123. The minimum absolute atomic E-state index is 0.164. The molecule has 0 aromatic carbocycles. The summed E-state index contributed by atoms with van der Waals surface area (Å²) in [7, 11) is 24.0. The van der Waals surface area contributed by atoms with Crippen LogP contribution < -0.4 is 75.0 Å². The van der Waals surface area contributed by atoms with Gasteiger partial charge in [0.1, 0.15) is 48.6 Å². The van der Waals surface area contributed by atoms with Crippen molar-refractivity contribution in [2.45, 2.75) is 34.6 Å². The summed E-state index contributed by atoms with van der Waals surface area (Å²) >= 11 is 5.87. The fourth-order valence-electron chi connectivity index (χ4n) is 13.4. The van der Waals surface area contributed by atoms with Crippen molar-refractivity contribution in [1.29, 1.82) is 0 Å². The van der Waals surface area contributed by atoms with Gasteiger partial charge in [0, 0.05) is 135 Å². The fraction of sp³-hybridized carbons (Fsp3) is 0.351. The Bertz CT molecular complexity index is 5790. The van der Waals surface area contributed by atoms with Crippen molar-refractivity contribution in [1.82, 2.24) is 99.1 Å². The summed E-state index contributed by atoms with van der Waals surface area (Å²) < 4.78 is 9.08. The summed E-state index contributed by atoms with van der Waals surface area (Å²) in [5.41, 5.74) is 8.96. The maximum Gasteiger partial charge on any atom is 0.279 e. The highest BCUT2D eigenvalue weighted by Crippen LogP contribution is 2.46. The summed E-state index contributed by atoms with van der Waals surface area (Å²) in [6, 6.07) is 5.98. The number of methoxy groups -OCH3 is 1. The lowest BCUT2D eigenvalue weighted by Crippen LogP contribution is -2.44. The Hall–Kier alpha value is -12.8. The predicted molar refractivity (Wildman–Crippen MR) is 457 cm³/mol. The maximum absolute atomic E-state index is 12.9. The summed E-state index contributed by atoms with van der Waals surface area (Å²) in [6.07, 6.45) is 15.5. The highest BCUT2D eigenvalue weighted by molar-refractivity contribution is 7.17. The number of hydrogen-bond acceptors (Lipinski definition) is 37. The lowest BCUT2D eigenvalue weighted by molar-refractivity contribution is 0.0982. The average Bonchev–Trinajstić information content (AvgIpc) is 1.63. The first-order valence-corrected chi connectivity index (χ1v) is 40.2. The summed E-state index contributed by atoms with van der Waals surface area (Å²) in [5, 5.41) is 27.4. The molecule has 12 aromatic rings. The molecule has 2 saturated heterocycles. The third-order valence-corrected chi connectivity index (χ3v) is 24.5. The molecule has 0 unspecified atom stereocenters. The van der Waals surface area contributed by atoms with Crippen molar-refractivity contribution in [3.05, 3.63) is 122 Å². The molecule has 2 fully saturated rings. The molecule has 12 aromatic heterocycles. The van der Waals surface area contributed by atoms with Crippen molar-refractivity contribution in [2.75, 3.05) is 200 Å². The zero-order valence-electron chi connectivity index (χ0n) is 67.7. The second kappa shape index (κ2) is 32.4. The number of amides is 4. The number of ether oxygens (including phenoxy) is 1. The second-order valence-electron chi connectivity index (χ2n) is 28.2. The van der Waals surface area contributed by atoms with Gasteiger partial charge in [-0.25, -0.2) is 49.8 Å². The van der Waals surface area contributed by atoms with Gasteiger partial charge in [-0.1, -0.05) is 0 Å². The van der Waals surface area contributed by atoms with Gasteiger partial charge >= 0.3 is 0 Å². The van der Waals surface area contributed by atoms with E-state index in [0.29, 0.717) is 110 Å². The molecule has 606 valence electrons. The molecule has 6 aliphatic heterocycles. The average molecular weight is 1660 g/mol. The molecule has 0 bridgehead atoms. The van der Waals surface area contributed by atoms with Crippen molar-refractivity contribution < 1.29 is 23.9 Å². The summed E-state index contributed by atoms with van der Waals surface area (Å²) in [6.45, 7) is 17.5. The van der Waals surface area contributed by atoms with Crippen LogP contribution in [-0.4, -0.2) is 253 Å². The minimum atomic E-state index is -0.183. The van der Waals surface area contributed by atoms with Crippen LogP contribution >= 0.6 is 45.3 Å². The number of piperazine rings is 2. The highest BCUT2D eigenvalue weighted by atomic mass is 32.1. The van der Waals surface area contributed by atoms with Crippen LogP contribution in [0.15, 0.2) is 74.0 Å². The van der Waals surface area contributed by atoms with E-state index in [1.165, 1.54) is 60.0 Å². The van der Waals surface area contributed by atoms with Gasteiger partial charge in [-0.2, -0.15) is 30.1 Å². The standard InChI is InChI=1S/C22H27N9O2S.C21H25N9OS.C16H18N8OS.C15H16N8OS/c1-13-25-17-20(32)29(3)15-12-24-22(27-19(15)30(4)21(17)34-13)26-18-16(33-5)10-14(11-23-18)31-8-6-28(2)7-9-31;1-13-24-17-19(31)28(3)15-12-23-21(26-18(15)29(4)20(17)32-13)25-16-6-5-14(11-22-16)30-9-7-27(2)8-10-30;1-8-10(6-18-24(8)5)20-16-17-7-11-13(21-16)23(4)15-12(14(25)22(11)3)19-9(2)26-15;1-8-18-11-13(24)22(3)10-6-16-15(19-9-5-17-21(2)7-9)20-12(10)23(4)14(11)25-8/h10-12H,6-9H2,1-5H3,(H,23,24,26,27);5-6,11-12H,7-10H2,1-4H3,(H,22,23,25,26);6-7H,1-5H3,(H,17,20,21);5-7H,1-4H3,(H,16,19,20). The van der Waals surface area contributed by atoms with Gasteiger partial charge in [-0.05, 0) is 60.8 Å². The molecule has 117 heavy (non-hydrogen) atoms. The molecule has 0 saturated carbocycles. The Morgan fingerprint density at radius 1 is 0.376 bits per heavy atom. The Kier molecular flexibility index (Phi) is 22.0. The number of likely N-dealkylation sites (N-methyl/N-ethyl adjacent to an activating group) is 2. The van der Waals surface area contributed by atoms with Crippen LogP contribution in [0.1, 0.15) is 67.7 Å². The van der Waals surface area contributed by atoms with Gasteiger partial charge in [0.05, 0.1) is 105 Å². The lowest BCUT2D eigenvalue weighted by atomic mass is 10.2. The van der Waals surface area contributed by atoms with E-state index in [1.54, 1.807) is 86.7 Å². The van der Waals surface area contributed by atoms with E-state index in [-0.39, 0.29) is 23.6 Å². The number of carbonyl (C=O) groups excluding carboxylic acids is 4. The quantitative estimate of drug-likeness (QED) is 0.0936. The zero-order valence-corrected chi connectivity index (χ0v) is 70.9. The number of thiazole rings is 4. The number of hydrogen-bond donors (Lipinski definition) is 4. The molecule has 18 rings (SSSR count). The van der Waals surface area contributed by atoms with Crippen molar-refractivity contribution in [3.8, 4) is 5.75 Å². The molecule has 6 aliphatic rings. The van der Waals surface area contributed by atoms with Gasteiger partial charge in [0.15, 0.2) is 57.6 Å². The first-order chi connectivity index (χ1) is 56.1. The van der Waals surface area contributed by atoms with E-state index in [0.717, 1.165) is 121 Å². The summed E-state index contributed by atoms with van der Waals surface area (Å²) in [4.78, 5) is 137. The first-order valence-electron chi connectivity index (χ1n) is 36.9. The number of pyridine rings is 2. The molecule has 0 aliphatic carbocycles. The number of nitrogens with one attached hydrogen (secondary N) is 4. The number of aromatic nitrogens is 18. The van der Waals surface area contributed by atoms with Crippen molar-refractivity contribution in [2.24, 2.45) is 14.1 Å². The molecule has 4 amide bonds. The van der Waals surface area contributed by atoms with Crippen LogP contribution in [-0.2, 0) is 14.1 Å². The topological polar surface area (TPSA) is 381 Å². The minimum Gasteiger partial charge on any atom is -0.493 e. The number of anilines is 22. The normalized spacial score (nSPS) is 15.2.